The molecular weight excluding hydrogens is 367 g/mol. The largest absolute Gasteiger partial charge is 0.412 e. The lowest BCUT2D eigenvalue weighted by Gasteiger charge is -2.20. The molecule has 0 atom stereocenters. The number of ether oxygens (including phenoxy) is 1. The van der Waals surface area contributed by atoms with Crippen LogP contribution < -0.4 is 15.0 Å². The number of hydrogen-bond acceptors (Lipinski definition) is 3. The van der Waals surface area contributed by atoms with E-state index in [9.17, 15) is 4.79 Å². The number of nitrogens with zero attached hydrogens (tertiary/aromatic N) is 1. The Morgan fingerprint density at radius 3 is 2.20 bits per heavy atom. The maximum Gasteiger partial charge on any atom is 0.412 e. The molecule has 0 aliphatic rings. The van der Waals surface area contributed by atoms with Crippen LogP contribution in [-0.4, -0.2) is 30.7 Å². The van der Waals surface area contributed by atoms with Gasteiger partial charge in [-0.25, -0.2) is 4.79 Å². The molecule has 0 aromatic heterocycles. The number of rotatable bonds is 5. The Balaban J connectivity index is 0.000000796. The molecule has 0 aliphatic heterocycles. The molecule has 0 heterocycles. The second-order valence-corrected chi connectivity index (χ2v) is 4.63. The van der Waals surface area contributed by atoms with Crippen molar-refractivity contribution in [1.29, 1.82) is 0 Å². The molecule has 0 fully saturated rings. The molecule has 20 heavy (non-hydrogen) atoms. The highest BCUT2D eigenvalue weighted by Crippen LogP contribution is 2.19. The molecule has 0 aliphatic carbocycles. The van der Waals surface area contributed by atoms with Crippen LogP contribution in [0, 0.1) is 0 Å². The fourth-order valence-electron chi connectivity index (χ4n) is 1.47. The van der Waals surface area contributed by atoms with Gasteiger partial charge < -0.3 is 15.0 Å². The van der Waals surface area contributed by atoms with Crippen LogP contribution in [0.15, 0.2) is 36.9 Å². The summed E-state index contributed by atoms with van der Waals surface area (Å²) in [5, 5.41) is 2.40. The molecule has 0 radical (unpaired) electrons. The van der Waals surface area contributed by atoms with Gasteiger partial charge in [-0.15, -0.1) is 6.58 Å². The minimum absolute atomic E-state index is 0.449. The predicted molar refractivity (Wildman–Crippen MR) is 94.2 cm³/mol. The zero-order valence-corrected chi connectivity index (χ0v) is 14.5. The van der Waals surface area contributed by atoms with Gasteiger partial charge in [0.2, 0.25) is 0 Å². The highest BCUT2D eigenvalue weighted by atomic mass is 127. The number of carbonyl (C=O) groups is 1. The highest BCUT2D eigenvalue weighted by molar-refractivity contribution is 14.1. The number of amides is 1. The number of anilines is 1. The van der Waals surface area contributed by atoms with Gasteiger partial charge in [0.25, 0.3) is 0 Å². The van der Waals surface area contributed by atoms with Crippen LogP contribution in [0.5, 0.6) is 5.75 Å². The van der Waals surface area contributed by atoms with Gasteiger partial charge in [-0.05, 0) is 38.1 Å². The molecule has 0 bridgehead atoms. The van der Waals surface area contributed by atoms with Crippen molar-refractivity contribution in [3.05, 3.63) is 36.9 Å². The van der Waals surface area contributed by atoms with Crippen LogP contribution >= 0.6 is 22.6 Å². The van der Waals surface area contributed by atoms with E-state index in [2.05, 4.69) is 53.2 Å². The molecule has 0 saturated heterocycles. The first-order valence-corrected chi connectivity index (χ1v) is 8.06. The van der Waals surface area contributed by atoms with Crippen molar-refractivity contribution >= 4 is 34.4 Å². The van der Waals surface area contributed by atoms with Crippen molar-refractivity contribution < 1.29 is 9.53 Å². The molecule has 1 aromatic rings. The normalized spacial score (nSPS) is 9.00. The van der Waals surface area contributed by atoms with E-state index in [1.807, 2.05) is 18.2 Å². The number of benzene rings is 1. The summed E-state index contributed by atoms with van der Waals surface area (Å²) in [6.07, 6.45) is 1.41. The monoisotopic (exact) mass is 390 g/mol. The lowest BCUT2D eigenvalue weighted by atomic mass is 10.2. The van der Waals surface area contributed by atoms with Crippen molar-refractivity contribution in [3.8, 4) is 5.75 Å². The Hall–Kier alpha value is -1.24. The van der Waals surface area contributed by atoms with Gasteiger partial charge in [0.15, 0.2) is 0 Å². The van der Waals surface area contributed by atoms with Gasteiger partial charge in [-0.1, -0.05) is 28.7 Å². The van der Waals surface area contributed by atoms with E-state index in [1.165, 1.54) is 7.05 Å². The topological polar surface area (TPSA) is 41.6 Å². The third kappa shape index (κ3) is 7.37. The first-order chi connectivity index (χ1) is 9.62. The molecule has 1 N–H and O–H groups in total. The van der Waals surface area contributed by atoms with Crippen molar-refractivity contribution in [2.75, 3.05) is 29.5 Å². The van der Waals surface area contributed by atoms with Gasteiger partial charge in [0, 0.05) is 30.3 Å². The van der Waals surface area contributed by atoms with Crippen LogP contribution in [0.1, 0.15) is 13.8 Å². The average Bonchev–Trinajstić information content (AvgIpc) is 2.50. The quantitative estimate of drug-likeness (QED) is 0.472. The lowest BCUT2D eigenvalue weighted by molar-refractivity contribution is 0.203. The second kappa shape index (κ2) is 11.6. The number of carbonyl (C=O) groups excluding carboxylic acids is 1. The summed E-state index contributed by atoms with van der Waals surface area (Å²) in [5.74, 6) is 0.551. The maximum atomic E-state index is 11.0. The molecule has 0 unspecified atom stereocenters. The molecule has 4 nitrogen and oxygen atoms in total. The summed E-state index contributed by atoms with van der Waals surface area (Å²) >= 11 is 2.23. The molecule has 5 heteroatoms. The smallest absolute Gasteiger partial charge is 0.410 e. The fourth-order valence-corrected chi connectivity index (χ4v) is 1.47. The first kappa shape index (κ1) is 18.8. The van der Waals surface area contributed by atoms with Crippen LogP contribution in [-0.2, 0) is 0 Å². The molecule has 1 aromatic carbocycles. The predicted octanol–water partition coefficient (Wildman–Crippen LogP) is 3.86. The van der Waals surface area contributed by atoms with Crippen molar-refractivity contribution in [1.82, 2.24) is 5.32 Å². The van der Waals surface area contributed by atoms with Crippen LogP contribution in [0.3, 0.4) is 0 Å². The zero-order chi connectivity index (χ0) is 15.4. The Labute approximate surface area is 135 Å². The second-order valence-electron chi connectivity index (χ2n) is 3.75. The Kier molecular flexibility index (Phi) is 10.9. The van der Waals surface area contributed by atoms with Crippen LogP contribution in [0.25, 0.3) is 0 Å². The minimum atomic E-state index is -0.449. The van der Waals surface area contributed by atoms with E-state index in [1.54, 1.807) is 12.1 Å². The number of alkyl halides is 1. The number of halogens is 1. The van der Waals surface area contributed by atoms with Crippen molar-refractivity contribution in [2.45, 2.75) is 13.8 Å². The SMILES string of the molecule is C=CCI.CCN(CC)c1ccc(OC(=O)NC)cc1. The van der Waals surface area contributed by atoms with Gasteiger partial charge in [-0.3, -0.25) is 0 Å². The summed E-state index contributed by atoms with van der Waals surface area (Å²) < 4.78 is 6.05. The Morgan fingerprint density at radius 2 is 1.85 bits per heavy atom. The summed E-state index contributed by atoms with van der Waals surface area (Å²) in [5.41, 5.74) is 1.13. The van der Waals surface area contributed by atoms with E-state index in [0.717, 1.165) is 23.2 Å². The molecular formula is C15H23IN2O2. The van der Waals surface area contributed by atoms with Crippen molar-refractivity contribution in [3.63, 3.8) is 0 Å². The molecule has 1 amide bonds. The fraction of sp³-hybridized carbons (Fsp3) is 0.400. The van der Waals surface area contributed by atoms with Gasteiger partial charge in [0.1, 0.15) is 5.75 Å². The Bertz CT molecular complexity index is 389. The molecule has 112 valence electrons. The van der Waals surface area contributed by atoms with E-state index >= 15 is 0 Å². The molecule has 0 spiro atoms. The van der Waals surface area contributed by atoms with E-state index in [4.69, 9.17) is 4.74 Å². The van der Waals surface area contributed by atoms with Crippen LogP contribution in [0.4, 0.5) is 10.5 Å². The van der Waals surface area contributed by atoms with Gasteiger partial charge in [-0.2, -0.15) is 0 Å². The first-order valence-electron chi connectivity index (χ1n) is 6.54. The number of hydrogen-bond donors (Lipinski definition) is 1. The van der Waals surface area contributed by atoms with E-state index in [-0.39, 0.29) is 0 Å². The maximum absolute atomic E-state index is 11.0. The third-order valence-corrected chi connectivity index (χ3v) is 3.11. The minimum Gasteiger partial charge on any atom is -0.410 e. The summed E-state index contributed by atoms with van der Waals surface area (Å²) in [4.78, 5) is 13.2. The van der Waals surface area contributed by atoms with Crippen LogP contribution in [0.2, 0.25) is 0 Å². The average molecular weight is 390 g/mol. The molecule has 1 rings (SSSR count). The zero-order valence-electron chi connectivity index (χ0n) is 12.4. The Morgan fingerprint density at radius 1 is 1.35 bits per heavy atom. The van der Waals surface area contributed by atoms with E-state index in [0.29, 0.717) is 5.75 Å². The number of allylic oxidation sites excluding steroid dienone is 1. The standard InChI is InChI=1S/C12H18N2O2.C3H5I/c1-4-14(5-2)10-6-8-11(9-7-10)16-12(15)13-3;1-2-3-4/h6-9H,4-5H2,1-3H3,(H,13,15);2H,1,3H2. The van der Waals surface area contributed by atoms with Crippen molar-refractivity contribution in [2.24, 2.45) is 0 Å². The lowest BCUT2D eigenvalue weighted by Crippen LogP contribution is -2.23. The highest BCUT2D eigenvalue weighted by Gasteiger charge is 2.03. The summed E-state index contributed by atoms with van der Waals surface area (Å²) in [6, 6.07) is 7.49. The summed E-state index contributed by atoms with van der Waals surface area (Å²) in [6.45, 7) is 9.62. The number of nitrogens with one attached hydrogen (secondary N) is 1. The molecule has 0 saturated carbocycles. The summed E-state index contributed by atoms with van der Waals surface area (Å²) in [7, 11) is 1.53. The van der Waals surface area contributed by atoms with Gasteiger partial charge >= 0.3 is 6.09 Å². The van der Waals surface area contributed by atoms with Gasteiger partial charge in [0.05, 0.1) is 0 Å². The third-order valence-electron chi connectivity index (χ3n) is 2.49. The van der Waals surface area contributed by atoms with E-state index < -0.39 is 6.09 Å².